The predicted molar refractivity (Wildman–Crippen MR) is 76.1 cm³/mol. The summed E-state index contributed by atoms with van der Waals surface area (Å²) in [7, 11) is 6.13. The predicted octanol–water partition coefficient (Wildman–Crippen LogP) is 0.511. The van der Waals surface area contributed by atoms with Gasteiger partial charge < -0.3 is 37.9 Å². The highest BCUT2D eigenvalue weighted by atomic mass is 16.8. The Morgan fingerprint density at radius 2 is 1.32 bits per heavy atom. The molecule has 1 saturated heterocycles. The maximum atomic E-state index is 5.79. The van der Waals surface area contributed by atoms with Gasteiger partial charge >= 0.3 is 0 Å². The van der Waals surface area contributed by atoms with Crippen LogP contribution in [0.1, 0.15) is 0 Å². The molecule has 1 fully saturated rings. The van der Waals surface area contributed by atoms with Crippen LogP contribution in [0.4, 0.5) is 0 Å². The normalized spacial score (nSPS) is 32.1. The Hall–Kier alpha value is -0.580. The van der Waals surface area contributed by atoms with Crippen molar-refractivity contribution in [1.29, 1.82) is 0 Å². The van der Waals surface area contributed by atoms with Crippen molar-refractivity contribution < 1.29 is 37.9 Å². The van der Waals surface area contributed by atoms with Crippen LogP contribution in [0.5, 0.6) is 0 Å². The van der Waals surface area contributed by atoms with E-state index >= 15 is 0 Å². The van der Waals surface area contributed by atoms with Crippen molar-refractivity contribution in [3.8, 4) is 0 Å². The average Bonchev–Trinajstić information content (AvgIpc) is 2.55. The maximum absolute atomic E-state index is 5.79. The molecule has 1 rings (SSSR count). The third kappa shape index (κ3) is 5.25. The lowest BCUT2D eigenvalue weighted by atomic mass is 9.98. The first kappa shape index (κ1) is 19.5. The van der Waals surface area contributed by atoms with Gasteiger partial charge in [0.05, 0.1) is 0 Å². The van der Waals surface area contributed by atoms with E-state index in [0.717, 1.165) is 0 Å². The van der Waals surface area contributed by atoms with Crippen LogP contribution >= 0.6 is 0 Å². The lowest BCUT2D eigenvalue weighted by Gasteiger charge is -2.44. The Kier molecular flexibility index (Phi) is 9.76. The molecule has 0 aromatic heterocycles. The van der Waals surface area contributed by atoms with E-state index < -0.39 is 30.7 Å². The van der Waals surface area contributed by atoms with Gasteiger partial charge in [-0.25, -0.2) is 0 Å². The SMILES string of the molecule is C=CC1O[C@H](OC)C(OCOC)C(OCOC)[C@@H]1OCOC. The second kappa shape index (κ2) is 11.0. The second-order valence-electron chi connectivity index (χ2n) is 4.55. The second-order valence-corrected chi connectivity index (χ2v) is 4.55. The fourth-order valence-corrected chi connectivity index (χ4v) is 2.21. The lowest BCUT2D eigenvalue weighted by Crippen LogP contribution is -2.60. The molecule has 8 nitrogen and oxygen atoms in total. The number of ether oxygens (including phenoxy) is 8. The molecule has 0 amide bonds. The van der Waals surface area contributed by atoms with E-state index in [0.29, 0.717) is 0 Å². The largest absolute Gasteiger partial charge is 0.359 e. The molecule has 0 aromatic rings. The van der Waals surface area contributed by atoms with Gasteiger partial charge in [-0.05, 0) is 0 Å². The summed E-state index contributed by atoms with van der Waals surface area (Å²) in [5.41, 5.74) is 0. The highest BCUT2D eigenvalue weighted by Gasteiger charge is 2.47. The third-order valence-corrected chi connectivity index (χ3v) is 3.13. The smallest absolute Gasteiger partial charge is 0.186 e. The van der Waals surface area contributed by atoms with Gasteiger partial charge in [-0.1, -0.05) is 6.08 Å². The number of rotatable bonds is 11. The molecule has 130 valence electrons. The van der Waals surface area contributed by atoms with Gasteiger partial charge in [0.2, 0.25) is 0 Å². The monoisotopic (exact) mass is 322 g/mol. The Labute approximate surface area is 131 Å². The quantitative estimate of drug-likeness (QED) is 0.402. The Balaban J connectivity index is 2.93. The van der Waals surface area contributed by atoms with Crippen LogP contribution < -0.4 is 0 Å². The zero-order valence-corrected chi connectivity index (χ0v) is 13.6. The van der Waals surface area contributed by atoms with Crippen molar-refractivity contribution in [2.45, 2.75) is 30.7 Å². The molecule has 0 saturated carbocycles. The molecule has 3 unspecified atom stereocenters. The molecule has 5 atom stereocenters. The lowest BCUT2D eigenvalue weighted by molar-refractivity contribution is -0.326. The Morgan fingerprint density at radius 3 is 1.77 bits per heavy atom. The fraction of sp³-hybridized carbons (Fsp3) is 0.857. The van der Waals surface area contributed by atoms with E-state index in [2.05, 4.69) is 6.58 Å². The van der Waals surface area contributed by atoms with Crippen LogP contribution in [0, 0.1) is 0 Å². The summed E-state index contributed by atoms with van der Waals surface area (Å²) < 4.78 is 43.1. The highest BCUT2D eigenvalue weighted by molar-refractivity contribution is 4.99. The van der Waals surface area contributed by atoms with Crippen LogP contribution in [0.15, 0.2) is 12.7 Å². The number of hydrogen-bond acceptors (Lipinski definition) is 8. The molecular weight excluding hydrogens is 296 g/mol. The minimum atomic E-state index is -0.651. The highest BCUT2D eigenvalue weighted by Crippen LogP contribution is 2.29. The van der Waals surface area contributed by atoms with Crippen molar-refractivity contribution in [3.05, 3.63) is 12.7 Å². The topological polar surface area (TPSA) is 73.8 Å². The summed E-state index contributed by atoms with van der Waals surface area (Å²) in [5, 5.41) is 0. The van der Waals surface area contributed by atoms with Crippen molar-refractivity contribution in [1.82, 2.24) is 0 Å². The summed E-state index contributed by atoms with van der Waals surface area (Å²) >= 11 is 0. The van der Waals surface area contributed by atoms with Gasteiger partial charge in [-0.15, -0.1) is 6.58 Å². The van der Waals surface area contributed by atoms with Gasteiger partial charge in [0, 0.05) is 28.4 Å². The zero-order valence-electron chi connectivity index (χ0n) is 13.6. The molecule has 0 spiro atoms. The van der Waals surface area contributed by atoms with E-state index in [9.17, 15) is 0 Å². The average molecular weight is 322 g/mol. The van der Waals surface area contributed by atoms with E-state index in [1.807, 2.05) is 0 Å². The molecule has 0 bridgehead atoms. The first-order chi connectivity index (χ1) is 10.7. The zero-order chi connectivity index (χ0) is 16.4. The van der Waals surface area contributed by atoms with Crippen molar-refractivity contribution >= 4 is 0 Å². The molecule has 22 heavy (non-hydrogen) atoms. The molecule has 1 aliphatic rings. The van der Waals surface area contributed by atoms with E-state index in [-0.39, 0.29) is 20.4 Å². The Bertz CT molecular complexity index is 301. The van der Waals surface area contributed by atoms with Crippen molar-refractivity contribution in [2.24, 2.45) is 0 Å². The maximum Gasteiger partial charge on any atom is 0.186 e. The van der Waals surface area contributed by atoms with Gasteiger partial charge in [-0.3, -0.25) is 0 Å². The molecule has 8 heteroatoms. The van der Waals surface area contributed by atoms with Crippen LogP contribution in [0.2, 0.25) is 0 Å². The first-order valence-electron chi connectivity index (χ1n) is 6.85. The molecule has 0 N–H and O–H groups in total. The fourth-order valence-electron chi connectivity index (χ4n) is 2.21. The van der Waals surface area contributed by atoms with Crippen LogP contribution in [0.25, 0.3) is 0 Å². The minimum Gasteiger partial charge on any atom is -0.359 e. The standard InChI is InChI=1S/C14H26O8/c1-6-10-11(19-7-15-2)12(20-8-16-3)13(21-9-17-4)14(18-5)22-10/h6,10-14H,1,7-9H2,2-5H3/t10?,11-,12?,13?,14+/m1/s1. The summed E-state index contributed by atoms with van der Waals surface area (Å²) in [4.78, 5) is 0. The van der Waals surface area contributed by atoms with Gasteiger partial charge in [0.25, 0.3) is 0 Å². The summed E-state index contributed by atoms with van der Waals surface area (Å²) in [6.45, 7) is 3.98. The molecule has 0 aliphatic carbocycles. The molecule has 1 heterocycles. The molecular formula is C14H26O8. The van der Waals surface area contributed by atoms with E-state index in [4.69, 9.17) is 37.9 Å². The van der Waals surface area contributed by atoms with Crippen LogP contribution in [-0.2, 0) is 37.9 Å². The van der Waals surface area contributed by atoms with Crippen molar-refractivity contribution in [2.75, 3.05) is 48.8 Å². The number of hydrogen-bond donors (Lipinski definition) is 0. The Morgan fingerprint density at radius 1 is 0.818 bits per heavy atom. The number of methoxy groups -OCH3 is 4. The van der Waals surface area contributed by atoms with Crippen LogP contribution in [0.3, 0.4) is 0 Å². The summed E-state index contributed by atoms with van der Waals surface area (Å²) in [5.74, 6) is 0. The van der Waals surface area contributed by atoms with Gasteiger partial charge in [0.1, 0.15) is 44.8 Å². The van der Waals surface area contributed by atoms with Crippen molar-refractivity contribution in [3.63, 3.8) is 0 Å². The molecule has 0 aromatic carbocycles. The van der Waals surface area contributed by atoms with Gasteiger partial charge in [-0.2, -0.15) is 0 Å². The summed E-state index contributed by atoms with van der Waals surface area (Å²) in [6, 6.07) is 0. The molecule has 1 aliphatic heterocycles. The van der Waals surface area contributed by atoms with Crippen LogP contribution in [-0.4, -0.2) is 79.5 Å². The van der Waals surface area contributed by atoms with Gasteiger partial charge in [0.15, 0.2) is 6.29 Å². The molecule has 0 radical (unpaired) electrons. The first-order valence-corrected chi connectivity index (χ1v) is 6.85. The van der Waals surface area contributed by atoms with E-state index in [1.54, 1.807) is 6.08 Å². The minimum absolute atomic E-state index is 0.0660. The summed E-state index contributed by atoms with van der Waals surface area (Å²) in [6.07, 6.45) is -1.01. The third-order valence-electron chi connectivity index (χ3n) is 3.13. The van der Waals surface area contributed by atoms with E-state index in [1.165, 1.54) is 28.4 Å².